The van der Waals surface area contributed by atoms with Gasteiger partial charge >= 0.3 is 0 Å². The molecule has 20 heavy (non-hydrogen) atoms. The highest BCUT2D eigenvalue weighted by Crippen LogP contribution is 2.22. The Balaban J connectivity index is 1.45. The van der Waals surface area contributed by atoms with Crippen molar-refractivity contribution < 1.29 is 4.79 Å². The first kappa shape index (κ1) is 13.5. The van der Waals surface area contributed by atoms with E-state index in [0.29, 0.717) is 12.5 Å². The van der Waals surface area contributed by atoms with Crippen molar-refractivity contribution >= 4 is 27.5 Å². The van der Waals surface area contributed by atoms with Crippen molar-refractivity contribution in [1.29, 1.82) is 0 Å². The summed E-state index contributed by atoms with van der Waals surface area (Å²) in [5, 5.41) is 7.45. The molecule has 1 fully saturated rings. The van der Waals surface area contributed by atoms with Crippen molar-refractivity contribution in [3.05, 3.63) is 29.3 Å². The molecule has 5 heteroatoms. The zero-order valence-corrected chi connectivity index (χ0v) is 12.2. The monoisotopic (exact) mass is 289 g/mol. The van der Waals surface area contributed by atoms with E-state index < -0.39 is 0 Å². The number of aryl methyl sites for hydroxylation is 1. The number of carbonyl (C=O) groups is 1. The van der Waals surface area contributed by atoms with E-state index >= 15 is 0 Å². The summed E-state index contributed by atoms with van der Waals surface area (Å²) in [4.78, 5) is 16.4. The molecule has 2 heterocycles. The molecule has 0 aliphatic carbocycles. The highest BCUT2D eigenvalue weighted by molar-refractivity contribution is 7.18. The smallest absolute Gasteiger partial charge is 0.220 e. The number of benzene rings is 1. The number of aromatic nitrogens is 1. The number of fused-ring (bicyclic) bond motifs is 1. The van der Waals surface area contributed by atoms with Crippen molar-refractivity contribution in [1.82, 2.24) is 15.6 Å². The number of amides is 1. The Morgan fingerprint density at radius 2 is 2.35 bits per heavy atom. The summed E-state index contributed by atoms with van der Waals surface area (Å²) >= 11 is 1.73. The molecule has 1 aliphatic rings. The molecular formula is C15H19N3OS. The minimum Gasteiger partial charge on any atom is -0.352 e. The molecule has 1 unspecified atom stereocenters. The van der Waals surface area contributed by atoms with Crippen molar-refractivity contribution in [3.63, 3.8) is 0 Å². The second kappa shape index (κ2) is 6.33. The molecule has 2 N–H and O–H groups in total. The van der Waals surface area contributed by atoms with E-state index in [-0.39, 0.29) is 5.91 Å². The average Bonchev–Trinajstić information content (AvgIpc) is 3.07. The number of nitrogens with zero attached hydrogens (tertiary/aromatic N) is 1. The molecule has 1 aromatic carbocycles. The molecule has 0 bridgehead atoms. The summed E-state index contributed by atoms with van der Waals surface area (Å²) in [5.41, 5.74) is 1.06. The fourth-order valence-electron chi connectivity index (χ4n) is 2.50. The number of hydrogen-bond donors (Lipinski definition) is 2. The first-order chi connectivity index (χ1) is 9.81. The molecule has 0 saturated carbocycles. The average molecular weight is 289 g/mol. The third-order valence-corrected chi connectivity index (χ3v) is 4.65. The van der Waals surface area contributed by atoms with Crippen molar-refractivity contribution in [2.45, 2.75) is 31.7 Å². The highest BCUT2D eigenvalue weighted by atomic mass is 32.1. The fourth-order valence-corrected chi connectivity index (χ4v) is 3.51. The van der Waals surface area contributed by atoms with Gasteiger partial charge in [-0.25, -0.2) is 4.98 Å². The van der Waals surface area contributed by atoms with Crippen LogP contribution >= 0.6 is 11.3 Å². The predicted molar refractivity (Wildman–Crippen MR) is 82.0 cm³/mol. The number of rotatable bonds is 5. The Labute approximate surface area is 122 Å². The zero-order valence-electron chi connectivity index (χ0n) is 11.4. The number of thiazole rings is 1. The summed E-state index contributed by atoms with van der Waals surface area (Å²) in [6.07, 6.45) is 3.39. The van der Waals surface area contributed by atoms with Gasteiger partial charge in [-0.1, -0.05) is 12.1 Å². The van der Waals surface area contributed by atoms with E-state index in [1.807, 2.05) is 18.2 Å². The molecule has 4 nitrogen and oxygen atoms in total. The summed E-state index contributed by atoms with van der Waals surface area (Å²) in [5.74, 6) is 0.166. The standard InChI is InChI=1S/C15H19N3OS/c19-14(17-11-8-9-16-10-11)6-3-7-15-18-12-4-1-2-5-13(12)20-15/h1-2,4-5,11,16H,3,6-10H2,(H,17,19). The summed E-state index contributed by atoms with van der Waals surface area (Å²) in [7, 11) is 0. The largest absolute Gasteiger partial charge is 0.352 e. The summed E-state index contributed by atoms with van der Waals surface area (Å²) < 4.78 is 1.23. The molecule has 1 aliphatic heterocycles. The van der Waals surface area contributed by atoms with Gasteiger partial charge in [0.25, 0.3) is 0 Å². The van der Waals surface area contributed by atoms with E-state index in [9.17, 15) is 4.79 Å². The third-order valence-electron chi connectivity index (χ3n) is 3.56. The Kier molecular flexibility index (Phi) is 4.28. The second-order valence-electron chi connectivity index (χ2n) is 5.19. The van der Waals surface area contributed by atoms with Gasteiger partial charge < -0.3 is 10.6 Å². The molecular weight excluding hydrogens is 270 g/mol. The van der Waals surface area contributed by atoms with Crippen LogP contribution in [0.25, 0.3) is 10.2 Å². The van der Waals surface area contributed by atoms with Crippen molar-refractivity contribution in [3.8, 4) is 0 Å². The molecule has 0 spiro atoms. The molecule has 0 radical (unpaired) electrons. The van der Waals surface area contributed by atoms with Crippen LogP contribution in [-0.4, -0.2) is 30.0 Å². The molecule has 1 aromatic heterocycles. The molecule has 1 saturated heterocycles. The van der Waals surface area contributed by atoms with Gasteiger partial charge in [-0.2, -0.15) is 0 Å². The van der Waals surface area contributed by atoms with E-state index in [1.165, 1.54) is 4.70 Å². The number of para-hydroxylation sites is 1. The van der Waals surface area contributed by atoms with Crippen LogP contribution in [-0.2, 0) is 11.2 Å². The minimum atomic E-state index is 0.166. The van der Waals surface area contributed by atoms with Crippen LogP contribution in [0.3, 0.4) is 0 Å². The molecule has 1 amide bonds. The van der Waals surface area contributed by atoms with Crippen LogP contribution in [0.4, 0.5) is 0 Å². The summed E-state index contributed by atoms with van der Waals surface area (Å²) in [6, 6.07) is 8.50. The van der Waals surface area contributed by atoms with Gasteiger partial charge in [0, 0.05) is 19.0 Å². The van der Waals surface area contributed by atoms with E-state index in [1.54, 1.807) is 11.3 Å². The number of carbonyl (C=O) groups excluding carboxylic acids is 1. The molecule has 3 rings (SSSR count). The lowest BCUT2D eigenvalue weighted by atomic mass is 10.2. The quantitative estimate of drug-likeness (QED) is 0.886. The Morgan fingerprint density at radius 3 is 3.15 bits per heavy atom. The van der Waals surface area contributed by atoms with Crippen LogP contribution in [0.1, 0.15) is 24.3 Å². The second-order valence-corrected chi connectivity index (χ2v) is 6.30. The van der Waals surface area contributed by atoms with Crippen LogP contribution < -0.4 is 10.6 Å². The summed E-state index contributed by atoms with van der Waals surface area (Å²) in [6.45, 7) is 1.92. The number of nitrogens with one attached hydrogen (secondary N) is 2. The van der Waals surface area contributed by atoms with Crippen LogP contribution in [0.15, 0.2) is 24.3 Å². The van der Waals surface area contributed by atoms with Gasteiger partial charge in [-0.3, -0.25) is 4.79 Å². The first-order valence-corrected chi connectivity index (χ1v) is 7.97. The van der Waals surface area contributed by atoms with E-state index in [4.69, 9.17) is 0 Å². The maximum Gasteiger partial charge on any atom is 0.220 e. The maximum absolute atomic E-state index is 11.8. The Morgan fingerprint density at radius 1 is 1.45 bits per heavy atom. The van der Waals surface area contributed by atoms with E-state index in [2.05, 4.69) is 21.7 Å². The zero-order chi connectivity index (χ0) is 13.8. The highest BCUT2D eigenvalue weighted by Gasteiger charge is 2.16. The van der Waals surface area contributed by atoms with Gasteiger partial charge in [0.1, 0.15) is 0 Å². The minimum absolute atomic E-state index is 0.166. The van der Waals surface area contributed by atoms with Crippen LogP contribution in [0, 0.1) is 0 Å². The molecule has 1 atom stereocenters. The lowest BCUT2D eigenvalue weighted by molar-refractivity contribution is -0.121. The van der Waals surface area contributed by atoms with Gasteiger partial charge in [-0.15, -0.1) is 11.3 Å². The van der Waals surface area contributed by atoms with Gasteiger partial charge in [-0.05, 0) is 37.9 Å². The Hall–Kier alpha value is -1.46. The number of hydrogen-bond acceptors (Lipinski definition) is 4. The third kappa shape index (κ3) is 3.35. The topological polar surface area (TPSA) is 54.0 Å². The van der Waals surface area contributed by atoms with Crippen LogP contribution in [0.2, 0.25) is 0 Å². The SMILES string of the molecule is O=C(CCCc1nc2ccccc2s1)NC1CCNC1. The van der Waals surface area contributed by atoms with Crippen molar-refractivity contribution in [2.24, 2.45) is 0 Å². The molecule has 106 valence electrons. The van der Waals surface area contributed by atoms with E-state index in [0.717, 1.165) is 42.9 Å². The van der Waals surface area contributed by atoms with Gasteiger partial charge in [0.2, 0.25) is 5.91 Å². The first-order valence-electron chi connectivity index (χ1n) is 7.16. The lowest BCUT2D eigenvalue weighted by Gasteiger charge is -2.10. The lowest BCUT2D eigenvalue weighted by Crippen LogP contribution is -2.36. The van der Waals surface area contributed by atoms with Gasteiger partial charge in [0.15, 0.2) is 0 Å². The Bertz CT molecular complexity index is 557. The maximum atomic E-state index is 11.8. The van der Waals surface area contributed by atoms with Gasteiger partial charge in [0.05, 0.1) is 15.2 Å². The van der Waals surface area contributed by atoms with Crippen molar-refractivity contribution in [2.75, 3.05) is 13.1 Å². The predicted octanol–water partition coefficient (Wildman–Crippen LogP) is 2.10. The normalized spacial score (nSPS) is 18.5. The van der Waals surface area contributed by atoms with Crippen LogP contribution in [0.5, 0.6) is 0 Å². The fraction of sp³-hybridized carbons (Fsp3) is 0.467. The molecule has 2 aromatic rings.